The van der Waals surface area contributed by atoms with E-state index in [4.69, 9.17) is 27.9 Å². The monoisotopic (exact) mass is 362 g/mol. The molecule has 0 aliphatic rings. The molecule has 1 aromatic heterocycles. The van der Waals surface area contributed by atoms with Gasteiger partial charge in [0.15, 0.2) is 0 Å². The fraction of sp³-hybridized carbons (Fsp3) is 0.222. The number of methoxy groups -OCH3 is 1. The van der Waals surface area contributed by atoms with Crippen LogP contribution in [0.3, 0.4) is 0 Å². The smallest absolute Gasteiger partial charge is 0.337 e. The molecule has 6 heteroatoms. The van der Waals surface area contributed by atoms with Gasteiger partial charge in [0.05, 0.1) is 30.4 Å². The molecule has 0 aliphatic heterocycles. The zero-order chi connectivity index (χ0) is 17.3. The van der Waals surface area contributed by atoms with Gasteiger partial charge in [-0.1, -0.05) is 42.3 Å². The minimum Gasteiger partial charge on any atom is -0.465 e. The third-order valence-electron chi connectivity index (χ3n) is 3.92. The first-order chi connectivity index (χ1) is 11.5. The Hall–Kier alpha value is -2.04. The van der Waals surface area contributed by atoms with Crippen LogP contribution in [0.5, 0.6) is 0 Å². The summed E-state index contributed by atoms with van der Waals surface area (Å²) in [6.07, 6.45) is 0.801. The minimum atomic E-state index is -0.368. The molecule has 4 nitrogen and oxygen atoms in total. The van der Waals surface area contributed by atoms with Crippen molar-refractivity contribution in [1.82, 2.24) is 9.78 Å². The van der Waals surface area contributed by atoms with Gasteiger partial charge in [-0.05, 0) is 36.2 Å². The van der Waals surface area contributed by atoms with E-state index in [-0.39, 0.29) is 5.97 Å². The maximum atomic E-state index is 11.8. The molecule has 0 radical (unpaired) electrons. The average Bonchev–Trinajstić information content (AvgIpc) is 2.93. The molecule has 0 unspecified atom stereocenters. The Morgan fingerprint density at radius 1 is 1.21 bits per heavy atom. The van der Waals surface area contributed by atoms with Gasteiger partial charge in [-0.2, -0.15) is 5.10 Å². The lowest BCUT2D eigenvalue weighted by molar-refractivity contribution is 0.0601. The van der Waals surface area contributed by atoms with E-state index >= 15 is 0 Å². The van der Waals surface area contributed by atoms with Gasteiger partial charge in [-0.15, -0.1) is 0 Å². The van der Waals surface area contributed by atoms with E-state index in [2.05, 4.69) is 12.0 Å². The van der Waals surface area contributed by atoms with Crippen molar-refractivity contribution in [3.8, 4) is 0 Å². The summed E-state index contributed by atoms with van der Waals surface area (Å²) in [5.41, 5.74) is 3.26. The van der Waals surface area contributed by atoms with Crippen LogP contribution in [0, 0.1) is 0 Å². The van der Waals surface area contributed by atoms with Crippen molar-refractivity contribution in [2.24, 2.45) is 0 Å². The van der Waals surface area contributed by atoms with Crippen molar-refractivity contribution < 1.29 is 9.53 Å². The number of benzene rings is 2. The highest BCUT2D eigenvalue weighted by molar-refractivity contribution is 6.35. The van der Waals surface area contributed by atoms with Crippen molar-refractivity contribution in [1.29, 1.82) is 0 Å². The van der Waals surface area contributed by atoms with E-state index in [1.807, 2.05) is 16.8 Å². The number of rotatable bonds is 4. The van der Waals surface area contributed by atoms with Crippen molar-refractivity contribution in [3.63, 3.8) is 0 Å². The standard InChI is InChI=1S/C18H16Cl2N2O2/c1-3-16-14-7-5-11(18(23)24-2)8-17(14)22(21-16)10-12-4-6-13(19)9-15(12)20/h4-9H,3,10H2,1-2H3. The lowest BCUT2D eigenvalue weighted by Crippen LogP contribution is -2.04. The quantitative estimate of drug-likeness (QED) is 0.629. The van der Waals surface area contributed by atoms with Gasteiger partial charge in [-0.3, -0.25) is 4.68 Å². The SMILES string of the molecule is CCc1nn(Cc2ccc(Cl)cc2Cl)c2cc(C(=O)OC)ccc12. The number of carbonyl (C=O) groups excluding carboxylic acids is 1. The third kappa shape index (κ3) is 3.12. The summed E-state index contributed by atoms with van der Waals surface area (Å²) >= 11 is 12.2. The summed E-state index contributed by atoms with van der Waals surface area (Å²) in [7, 11) is 1.37. The van der Waals surface area contributed by atoms with E-state index in [0.29, 0.717) is 22.2 Å². The summed E-state index contributed by atoms with van der Waals surface area (Å²) in [6, 6.07) is 10.9. The number of carbonyl (C=O) groups is 1. The minimum absolute atomic E-state index is 0.368. The summed E-state index contributed by atoms with van der Waals surface area (Å²) < 4.78 is 6.66. The number of hydrogen-bond donors (Lipinski definition) is 0. The zero-order valence-corrected chi connectivity index (χ0v) is 14.9. The van der Waals surface area contributed by atoms with E-state index in [9.17, 15) is 4.79 Å². The Kier molecular flexibility index (Phi) is 4.78. The molecule has 0 bridgehead atoms. The highest BCUT2D eigenvalue weighted by Gasteiger charge is 2.14. The molecule has 3 aromatic rings. The molecule has 24 heavy (non-hydrogen) atoms. The molecule has 0 atom stereocenters. The van der Waals surface area contributed by atoms with Crippen molar-refractivity contribution in [2.45, 2.75) is 19.9 Å². The summed E-state index contributed by atoms with van der Waals surface area (Å²) in [5, 5.41) is 6.87. The Morgan fingerprint density at radius 3 is 2.67 bits per heavy atom. The first-order valence-corrected chi connectivity index (χ1v) is 8.30. The number of halogens is 2. The second kappa shape index (κ2) is 6.83. The summed E-state index contributed by atoms with van der Waals surface area (Å²) in [5.74, 6) is -0.368. The molecule has 0 saturated heterocycles. The first kappa shape index (κ1) is 16.8. The molecule has 2 aromatic carbocycles. The van der Waals surface area contributed by atoms with Crippen LogP contribution in [-0.2, 0) is 17.7 Å². The molecule has 0 amide bonds. The Morgan fingerprint density at radius 2 is 2.00 bits per heavy atom. The molecule has 0 fully saturated rings. The molecule has 0 aliphatic carbocycles. The molecule has 3 rings (SSSR count). The largest absolute Gasteiger partial charge is 0.465 e. The number of aryl methyl sites for hydroxylation is 1. The molecule has 0 N–H and O–H groups in total. The van der Waals surface area contributed by atoms with Crippen LogP contribution in [0.25, 0.3) is 10.9 Å². The van der Waals surface area contributed by atoms with Gasteiger partial charge in [-0.25, -0.2) is 4.79 Å². The van der Waals surface area contributed by atoms with Gasteiger partial charge in [0.1, 0.15) is 0 Å². The molecule has 0 saturated carbocycles. The van der Waals surface area contributed by atoms with E-state index in [0.717, 1.165) is 28.6 Å². The maximum absolute atomic E-state index is 11.8. The molecular weight excluding hydrogens is 347 g/mol. The Labute approximate surface area is 149 Å². The van der Waals surface area contributed by atoms with Gasteiger partial charge in [0.25, 0.3) is 0 Å². The van der Waals surface area contributed by atoms with Crippen LogP contribution in [0.1, 0.15) is 28.5 Å². The predicted octanol–water partition coefficient (Wildman–Crippen LogP) is 4.74. The van der Waals surface area contributed by atoms with Crippen LogP contribution in [0.2, 0.25) is 10.0 Å². The fourth-order valence-electron chi connectivity index (χ4n) is 2.68. The highest BCUT2D eigenvalue weighted by Crippen LogP contribution is 2.25. The van der Waals surface area contributed by atoms with Gasteiger partial charge in [0, 0.05) is 15.4 Å². The van der Waals surface area contributed by atoms with E-state index in [1.165, 1.54) is 7.11 Å². The van der Waals surface area contributed by atoms with Crippen LogP contribution >= 0.6 is 23.2 Å². The van der Waals surface area contributed by atoms with Crippen LogP contribution in [0.15, 0.2) is 36.4 Å². The Bertz CT molecular complexity index is 919. The first-order valence-electron chi connectivity index (χ1n) is 7.55. The fourth-order valence-corrected chi connectivity index (χ4v) is 3.15. The number of nitrogens with zero attached hydrogens (tertiary/aromatic N) is 2. The van der Waals surface area contributed by atoms with Gasteiger partial charge in [0.2, 0.25) is 0 Å². The molecule has 1 heterocycles. The van der Waals surface area contributed by atoms with Crippen molar-refractivity contribution >= 4 is 40.1 Å². The average molecular weight is 363 g/mol. The molecule has 124 valence electrons. The van der Waals surface area contributed by atoms with Crippen LogP contribution < -0.4 is 0 Å². The van der Waals surface area contributed by atoms with E-state index < -0.39 is 0 Å². The lowest BCUT2D eigenvalue weighted by atomic mass is 10.1. The number of aromatic nitrogens is 2. The third-order valence-corrected chi connectivity index (χ3v) is 4.51. The highest BCUT2D eigenvalue weighted by atomic mass is 35.5. The molecule has 0 spiro atoms. The predicted molar refractivity (Wildman–Crippen MR) is 96.0 cm³/mol. The van der Waals surface area contributed by atoms with Gasteiger partial charge >= 0.3 is 5.97 Å². The van der Waals surface area contributed by atoms with Crippen molar-refractivity contribution in [2.75, 3.05) is 7.11 Å². The summed E-state index contributed by atoms with van der Waals surface area (Å²) in [4.78, 5) is 11.8. The number of ether oxygens (including phenoxy) is 1. The normalized spacial score (nSPS) is 11.0. The van der Waals surface area contributed by atoms with Gasteiger partial charge < -0.3 is 4.74 Å². The second-order valence-electron chi connectivity index (χ2n) is 5.42. The topological polar surface area (TPSA) is 44.1 Å². The second-order valence-corrected chi connectivity index (χ2v) is 6.26. The Balaban J connectivity index is 2.10. The molecular formula is C18H16Cl2N2O2. The number of hydrogen-bond acceptors (Lipinski definition) is 3. The number of fused-ring (bicyclic) bond motifs is 1. The lowest BCUT2D eigenvalue weighted by Gasteiger charge is -2.07. The van der Waals surface area contributed by atoms with E-state index in [1.54, 1.807) is 24.3 Å². The van der Waals surface area contributed by atoms with Crippen molar-refractivity contribution in [3.05, 3.63) is 63.3 Å². The van der Waals surface area contributed by atoms with Crippen LogP contribution in [0.4, 0.5) is 0 Å². The summed E-state index contributed by atoms with van der Waals surface area (Å²) in [6.45, 7) is 2.55. The maximum Gasteiger partial charge on any atom is 0.337 e. The number of esters is 1. The zero-order valence-electron chi connectivity index (χ0n) is 13.3. The van der Waals surface area contributed by atoms with Crippen LogP contribution in [-0.4, -0.2) is 22.9 Å².